The second-order valence-corrected chi connectivity index (χ2v) is 6.58. The summed E-state index contributed by atoms with van der Waals surface area (Å²) in [5, 5.41) is 12.0. The first-order chi connectivity index (χ1) is 10.5. The maximum absolute atomic E-state index is 12.3. The zero-order valence-corrected chi connectivity index (χ0v) is 13.3. The van der Waals surface area contributed by atoms with E-state index >= 15 is 0 Å². The topological polar surface area (TPSA) is 66.4 Å². The largest absolute Gasteiger partial charge is 0.481 e. The van der Waals surface area contributed by atoms with Gasteiger partial charge in [0.05, 0.1) is 5.92 Å². The van der Waals surface area contributed by atoms with Gasteiger partial charge in [-0.1, -0.05) is 44.2 Å². The van der Waals surface area contributed by atoms with Crippen LogP contribution in [-0.4, -0.2) is 23.0 Å². The molecule has 0 aromatic heterocycles. The summed E-state index contributed by atoms with van der Waals surface area (Å²) in [5.41, 5.74) is 1.18. The average molecular weight is 303 g/mol. The van der Waals surface area contributed by atoms with Crippen LogP contribution in [0.2, 0.25) is 0 Å². The lowest BCUT2D eigenvalue weighted by molar-refractivity contribution is -0.141. The number of hydrogen-bond acceptors (Lipinski definition) is 2. The second kappa shape index (κ2) is 7.43. The molecule has 0 aliphatic heterocycles. The number of nitrogens with one attached hydrogen (secondary N) is 1. The molecule has 4 heteroatoms. The third-order valence-electron chi connectivity index (χ3n) is 4.58. The van der Waals surface area contributed by atoms with Crippen molar-refractivity contribution >= 4 is 11.9 Å². The minimum atomic E-state index is -0.749. The minimum absolute atomic E-state index is 0.0113. The Kier molecular flexibility index (Phi) is 5.58. The van der Waals surface area contributed by atoms with E-state index in [0.717, 1.165) is 6.42 Å². The third-order valence-corrected chi connectivity index (χ3v) is 4.58. The van der Waals surface area contributed by atoms with Crippen LogP contribution in [-0.2, 0) is 9.59 Å². The van der Waals surface area contributed by atoms with Gasteiger partial charge in [0.1, 0.15) is 0 Å². The number of carbonyl (C=O) groups excluding carboxylic acids is 1. The Morgan fingerprint density at radius 1 is 1.23 bits per heavy atom. The number of benzene rings is 1. The number of hydrogen-bond donors (Lipinski definition) is 2. The van der Waals surface area contributed by atoms with Gasteiger partial charge in [-0.15, -0.1) is 0 Å². The zero-order chi connectivity index (χ0) is 16.1. The van der Waals surface area contributed by atoms with Gasteiger partial charge in [-0.05, 0) is 36.7 Å². The molecule has 2 rings (SSSR count). The second-order valence-electron chi connectivity index (χ2n) is 6.58. The molecule has 1 unspecified atom stereocenters. The Morgan fingerprint density at radius 3 is 2.45 bits per heavy atom. The fraction of sp³-hybridized carbons (Fsp3) is 0.556. The molecule has 0 saturated heterocycles. The van der Waals surface area contributed by atoms with E-state index in [2.05, 4.69) is 31.3 Å². The van der Waals surface area contributed by atoms with Gasteiger partial charge in [-0.3, -0.25) is 9.59 Å². The number of carbonyl (C=O) groups is 2. The van der Waals surface area contributed by atoms with Gasteiger partial charge in [0.2, 0.25) is 5.91 Å². The normalized spacial score (nSPS) is 22.5. The molecule has 4 nitrogen and oxygen atoms in total. The van der Waals surface area contributed by atoms with E-state index in [-0.39, 0.29) is 23.8 Å². The van der Waals surface area contributed by atoms with Gasteiger partial charge in [0, 0.05) is 12.5 Å². The molecule has 22 heavy (non-hydrogen) atoms. The Morgan fingerprint density at radius 2 is 1.91 bits per heavy atom. The fourth-order valence-corrected chi connectivity index (χ4v) is 3.26. The standard InChI is InChI=1S/C18H25NO3/c1-12(2)16(13-6-4-3-5-7-13)11-17(20)19-15-9-8-14(10-15)18(21)22/h3-7,12,14-16H,8-11H2,1-2H3,(H,19,20)(H,21,22)/t14-,15+,16?/m1/s1. The molecule has 1 amide bonds. The summed E-state index contributed by atoms with van der Waals surface area (Å²) in [6, 6.07) is 10.1. The zero-order valence-electron chi connectivity index (χ0n) is 13.3. The van der Waals surface area contributed by atoms with E-state index in [0.29, 0.717) is 25.2 Å². The first kappa shape index (κ1) is 16.5. The van der Waals surface area contributed by atoms with Crippen molar-refractivity contribution in [2.45, 2.75) is 51.5 Å². The van der Waals surface area contributed by atoms with E-state index in [1.54, 1.807) is 0 Å². The van der Waals surface area contributed by atoms with Crippen LogP contribution in [0, 0.1) is 11.8 Å². The summed E-state index contributed by atoms with van der Waals surface area (Å²) in [6.07, 6.45) is 2.43. The highest BCUT2D eigenvalue weighted by Gasteiger charge is 2.31. The molecule has 1 saturated carbocycles. The summed E-state index contributed by atoms with van der Waals surface area (Å²) >= 11 is 0. The molecule has 1 aliphatic carbocycles. The molecule has 0 bridgehead atoms. The molecular formula is C18H25NO3. The van der Waals surface area contributed by atoms with Crippen molar-refractivity contribution in [2.24, 2.45) is 11.8 Å². The molecule has 0 radical (unpaired) electrons. The summed E-state index contributed by atoms with van der Waals surface area (Å²) in [6.45, 7) is 4.25. The number of carboxylic acid groups (broad SMARTS) is 1. The third kappa shape index (κ3) is 4.33. The molecule has 1 aromatic rings. The summed E-state index contributed by atoms with van der Waals surface area (Å²) in [7, 11) is 0. The number of rotatable bonds is 6. The summed E-state index contributed by atoms with van der Waals surface area (Å²) in [4.78, 5) is 23.3. The maximum atomic E-state index is 12.3. The molecule has 0 heterocycles. The average Bonchev–Trinajstić information content (AvgIpc) is 2.94. The van der Waals surface area contributed by atoms with Crippen molar-refractivity contribution in [1.82, 2.24) is 5.32 Å². The Balaban J connectivity index is 1.91. The van der Waals surface area contributed by atoms with Gasteiger partial charge in [-0.25, -0.2) is 0 Å². The van der Waals surface area contributed by atoms with E-state index in [4.69, 9.17) is 5.11 Å². The van der Waals surface area contributed by atoms with E-state index < -0.39 is 5.97 Å². The van der Waals surface area contributed by atoms with Crippen LogP contribution in [0.4, 0.5) is 0 Å². The van der Waals surface area contributed by atoms with E-state index in [1.807, 2.05) is 18.2 Å². The highest BCUT2D eigenvalue weighted by atomic mass is 16.4. The highest BCUT2D eigenvalue weighted by Crippen LogP contribution is 2.29. The molecule has 2 N–H and O–H groups in total. The lowest BCUT2D eigenvalue weighted by atomic mass is 9.85. The molecule has 1 fully saturated rings. The van der Waals surface area contributed by atoms with Crippen molar-refractivity contribution in [2.75, 3.05) is 0 Å². The van der Waals surface area contributed by atoms with E-state index in [9.17, 15) is 9.59 Å². The van der Waals surface area contributed by atoms with Crippen molar-refractivity contribution in [1.29, 1.82) is 0 Å². The quantitative estimate of drug-likeness (QED) is 0.848. The molecule has 1 aliphatic rings. The predicted molar refractivity (Wildman–Crippen MR) is 85.5 cm³/mol. The molecule has 0 spiro atoms. The van der Waals surface area contributed by atoms with Gasteiger partial charge in [0.15, 0.2) is 0 Å². The maximum Gasteiger partial charge on any atom is 0.306 e. The molecule has 1 aromatic carbocycles. The summed E-state index contributed by atoms with van der Waals surface area (Å²) < 4.78 is 0. The van der Waals surface area contributed by atoms with E-state index in [1.165, 1.54) is 5.56 Å². The van der Waals surface area contributed by atoms with Crippen LogP contribution in [0.1, 0.15) is 51.0 Å². The highest BCUT2D eigenvalue weighted by molar-refractivity contribution is 5.77. The van der Waals surface area contributed by atoms with Crippen molar-refractivity contribution in [3.63, 3.8) is 0 Å². The van der Waals surface area contributed by atoms with Crippen LogP contribution < -0.4 is 5.32 Å². The minimum Gasteiger partial charge on any atom is -0.481 e. The molecule has 3 atom stereocenters. The van der Waals surface area contributed by atoms with Crippen molar-refractivity contribution in [3.05, 3.63) is 35.9 Å². The Hall–Kier alpha value is -1.84. The van der Waals surface area contributed by atoms with Crippen LogP contribution in [0.5, 0.6) is 0 Å². The van der Waals surface area contributed by atoms with Gasteiger partial charge >= 0.3 is 5.97 Å². The predicted octanol–water partition coefficient (Wildman–Crippen LogP) is 3.19. The SMILES string of the molecule is CC(C)C(CC(=O)N[C@H]1CC[C@@H](C(=O)O)C1)c1ccccc1. The number of aliphatic carboxylic acids is 1. The van der Waals surface area contributed by atoms with Crippen LogP contribution in [0.15, 0.2) is 30.3 Å². The smallest absolute Gasteiger partial charge is 0.306 e. The van der Waals surface area contributed by atoms with Gasteiger partial charge < -0.3 is 10.4 Å². The fourth-order valence-electron chi connectivity index (χ4n) is 3.26. The molecule has 120 valence electrons. The van der Waals surface area contributed by atoms with Gasteiger partial charge in [0.25, 0.3) is 0 Å². The first-order valence-corrected chi connectivity index (χ1v) is 8.04. The van der Waals surface area contributed by atoms with Crippen molar-refractivity contribution < 1.29 is 14.7 Å². The Bertz CT molecular complexity index is 512. The number of carboxylic acids is 1. The summed E-state index contributed by atoms with van der Waals surface area (Å²) in [5.74, 6) is -0.457. The first-order valence-electron chi connectivity index (χ1n) is 8.04. The van der Waals surface area contributed by atoms with Crippen LogP contribution in [0.3, 0.4) is 0 Å². The lowest BCUT2D eigenvalue weighted by Crippen LogP contribution is -2.34. The number of amides is 1. The molecular weight excluding hydrogens is 278 g/mol. The van der Waals surface area contributed by atoms with Crippen molar-refractivity contribution in [3.8, 4) is 0 Å². The Labute approximate surface area is 131 Å². The van der Waals surface area contributed by atoms with Crippen LogP contribution >= 0.6 is 0 Å². The van der Waals surface area contributed by atoms with Crippen LogP contribution in [0.25, 0.3) is 0 Å². The lowest BCUT2D eigenvalue weighted by Gasteiger charge is -2.22. The van der Waals surface area contributed by atoms with Gasteiger partial charge in [-0.2, -0.15) is 0 Å². The monoisotopic (exact) mass is 303 g/mol.